The van der Waals surface area contributed by atoms with Gasteiger partial charge in [-0.25, -0.2) is 0 Å². The van der Waals surface area contributed by atoms with E-state index in [0.717, 1.165) is 35.1 Å². The second-order valence-electron chi connectivity index (χ2n) is 5.46. The van der Waals surface area contributed by atoms with E-state index < -0.39 is 0 Å². The van der Waals surface area contributed by atoms with Gasteiger partial charge in [-0.3, -0.25) is 0 Å². The molecule has 114 valence electrons. The second-order valence-corrected chi connectivity index (χ2v) is 5.46. The van der Waals surface area contributed by atoms with E-state index in [0.29, 0.717) is 11.5 Å². The Morgan fingerprint density at radius 1 is 0.905 bits per heavy atom. The van der Waals surface area contributed by atoms with Gasteiger partial charge in [0.25, 0.3) is 0 Å². The molecule has 2 nitrogen and oxygen atoms in total. The summed E-state index contributed by atoms with van der Waals surface area (Å²) in [6.07, 6.45) is 3.31. The molecule has 2 rings (SSSR count). The molecule has 0 aliphatic carbocycles. The van der Waals surface area contributed by atoms with Crippen molar-refractivity contribution in [2.45, 2.75) is 47.0 Å². The topological polar surface area (TPSA) is 40.5 Å². The summed E-state index contributed by atoms with van der Waals surface area (Å²) in [4.78, 5) is 0. The fourth-order valence-electron chi connectivity index (χ4n) is 2.11. The second kappa shape index (κ2) is 8.35. The molecule has 2 aromatic rings. The molecule has 0 aliphatic rings. The molecule has 0 aliphatic heterocycles. The zero-order valence-electron chi connectivity index (χ0n) is 13.5. The van der Waals surface area contributed by atoms with Crippen LogP contribution in [0, 0.1) is 20.8 Å². The van der Waals surface area contributed by atoms with E-state index >= 15 is 0 Å². The number of hydrogen-bond donors (Lipinski definition) is 2. The van der Waals surface area contributed by atoms with Crippen molar-refractivity contribution in [2.75, 3.05) is 0 Å². The fourth-order valence-corrected chi connectivity index (χ4v) is 2.11. The van der Waals surface area contributed by atoms with E-state index in [9.17, 15) is 10.2 Å². The molecule has 0 bridgehead atoms. The van der Waals surface area contributed by atoms with Gasteiger partial charge in [0.05, 0.1) is 0 Å². The van der Waals surface area contributed by atoms with Crippen LogP contribution in [0.4, 0.5) is 0 Å². The summed E-state index contributed by atoms with van der Waals surface area (Å²) in [6.45, 7) is 8.05. The zero-order chi connectivity index (χ0) is 15.8. The summed E-state index contributed by atoms with van der Waals surface area (Å²) >= 11 is 0. The van der Waals surface area contributed by atoms with Crippen LogP contribution in [0.5, 0.6) is 11.5 Å². The smallest absolute Gasteiger partial charge is 0.119 e. The summed E-state index contributed by atoms with van der Waals surface area (Å²) in [7, 11) is 0. The molecule has 0 radical (unpaired) electrons. The number of rotatable bonds is 3. The van der Waals surface area contributed by atoms with Crippen molar-refractivity contribution in [2.24, 2.45) is 0 Å². The van der Waals surface area contributed by atoms with Crippen LogP contribution < -0.4 is 0 Å². The van der Waals surface area contributed by atoms with Gasteiger partial charge in [-0.2, -0.15) is 0 Å². The quantitative estimate of drug-likeness (QED) is 0.828. The fraction of sp³-hybridized carbons (Fsp3) is 0.368. The first-order valence-corrected chi connectivity index (χ1v) is 7.49. The van der Waals surface area contributed by atoms with Crippen molar-refractivity contribution in [3.8, 4) is 11.5 Å². The molecule has 0 atom stereocenters. The predicted octanol–water partition coefficient (Wildman–Crippen LogP) is 5.05. The average Bonchev–Trinajstić information content (AvgIpc) is 2.44. The van der Waals surface area contributed by atoms with Crippen molar-refractivity contribution in [3.05, 3.63) is 58.7 Å². The first kappa shape index (κ1) is 17.1. The maximum Gasteiger partial charge on any atom is 0.119 e. The number of phenolic OH excluding ortho intramolecular Hbond substituents is 2. The third-order valence-electron chi connectivity index (χ3n) is 3.58. The van der Waals surface area contributed by atoms with Gasteiger partial charge in [0.2, 0.25) is 0 Å². The lowest BCUT2D eigenvalue weighted by Gasteiger charge is -2.03. The van der Waals surface area contributed by atoms with Crippen molar-refractivity contribution >= 4 is 0 Å². The lowest BCUT2D eigenvalue weighted by atomic mass is 10.1. The van der Waals surface area contributed by atoms with E-state index in [1.807, 2.05) is 39.0 Å². The molecular weight excluding hydrogens is 260 g/mol. The number of benzene rings is 2. The van der Waals surface area contributed by atoms with Crippen LogP contribution in [0.25, 0.3) is 0 Å². The summed E-state index contributed by atoms with van der Waals surface area (Å²) < 4.78 is 0. The van der Waals surface area contributed by atoms with Crippen molar-refractivity contribution in [1.82, 2.24) is 0 Å². The van der Waals surface area contributed by atoms with Crippen LogP contribution in [0.3, 0.4) is 0 Å². The zero-order valence-corrected chi connectivity index (χ0v) is 13.5. The molecule has 2 N–H and O–H groups in total. The molecule has 0 heterocycles. The highest BCUT2D eigenvalue weighted by Gasteiger charge is 1.98. The number of aryl methyl sites for hydroxylation is 3. The first-order chi connectivity index (χ1) is 9.95. The third kappa shape index (κ3) is 5.50. The highest BCUT2D eigenvalue weighted by Crippen LogP contribution is 2.21. The Hall–Kier alpha value is -1.96. The van der Waals surface area contributed by atoms with E-state index in [1.165, 1.54) is 6.42 Å². The number of unbranched alkanes of at least 4 members (excludes halogenated alkanes) is 1. The van der Waals surface area contributed by atoms with Crippen molar-refractivity contribution < 1.29 is 10.2 Å². The van der Waals surface area contributed by atoms with E-state index in [-0.39, 0.29) is 0 Å². The van der Waals surface area contributed by atoms with Crippen LogP contribution in [0.2, 0.25) is 0 Å². The normalized spacial score (nSPS) is 9.90. The maximum absolute atomic E-state index is 9.34. The number of phenols is 2. The summed E-state index contributed by atoms with van der Waals surface area (Å²) in [6, 6.07) is 11.4. The summed E-state index contributed by atoms with van der Waals surface area (Å²) in [5.74, 6) is 0.832. The first-order valence-electron chi connectivity index (χ1n) is 7.49. The van der Waals surface area contributed by atoms with Gasteiger partial charge in [0, 0.05) is 0 Å². The molecule has 0 amide bonds. The Balaban J connectivity index is 0.000000211. The van der Waals surface area contributed by atoms with E-state index in [2.05, 4.69) is 13.0 Å². The molecule has 0 aromatic heterocycles. The minimum absolute atomic E-state index is 0.400. The molecule has 0 fully saturated rings. The third-order valence-corrected chi connectivity index (χ3v) is 3.58. The van der Waals surface area contributed by atoms with Gasteiger partial charge in [-0.15, -0.1) is 0 Å². The van der Waals surface area contributed by atoms with Gasteiger partial charge < -0.3 is 10.2 Å². The van der Waals surface area contributed by atoms with Crippen LogP contribution in [0.15, 0.2) is 36.4 Å². The van der Waals surface area contributed by atoms with Crippen molar-refractivity contribution in [3.63, 3.8) is 0 Å². The lowest BCUT2D eigenvalue weighted by Crippen LogP contribution is -1.83. The Morgan fingerprint density at radius 3 is 2.14 bits per heavy atom. The van der Waals surface area contributed by atoms with Crippen LogP contribution in [0.1, 0.15) is 42.0 Å². The highest BCUT2D eigenvalue weighted by atomic mass is 16.3. The minimum atomic E-state index is 0.400. The Kier molecular flexibility index (Phi) is 6.80. The highest BCUT2D eigenvalue weighted by molar-refractivity contribution is 5.40. The van der Waals surface area contributed by atoms with Crippen LogP contribution in [-0.4, -0.2) is 10.2 Å². The summed E-state index contributed by atoms with van der Waals surface area (Å²) in [5.41, 5.74) is 4.30. The van der Waals surface area contributed by atoms with Gasteiger partial charge in [-0.05, 0) is 68.0 Å². The lowest BCUT2D eigenvalue weighted by molar-refractivity contribution is 0.467. The standard InChI is InChI=1S/C10H14O.C9H12O/c1-2-3-6-9-7-4-5-8-10(9)11;1-6-4-7(2)8(3)9(10)5-6/h4-5,7-8,11H,2-3,6H2,1H3;4-5,10H,1-3H3. The molecule has 0 unspecified atom stereocenters. The molecule has 0 saturated heterocycles. The largest absolute Gasteiger partial charge is 0.508 e. The molecule has 0 spiro atoms. The monoisotopic (exact) mass is 286 g/mol. The molecule has 0 saturated carbocycles. The Morgan fingerprint density at radius 2 is 1.57 bits per heavy atom. The molecule has 21 heavy (non-hydrogen) atoms. The molecular formula is C19H26O2. The van der Waals surface area contributed by atoms with E-state index in [1.54, 1.807) is 12.1 Å². The SMILES string of the molecule is CCCCc1ccccc1O.Cc1cc(C)c(C)c(O)c1. The van der Waals surface area contributed by atoms with Gasteiger partial charge in [0.15, 0.2) is 0 Å². The van der Waals surface area contributed by atoms with Gasteiger partial charge in [-0.1, -0.05) is 37.6 Å². The van der Waals surface area contributed by atoms with Gasteiger partial charge in [0.1, 0.15) is 11.5 Å². The molecule has 2 heteroatoms. The van der Waals surface area contributed by atoms with Crippen LogP contribution in [-0.2, 0) is 6.42 Å². The number of hydrogen-bond acceptors (Lipinski definition) is 2. The number of para-hydroxylation sites is 1. The predicted molar refractivity (Wildman–Crippen MR) is 89.0 cm³/mol. The maximum atomic E-state index is 9.34. The number of aromatic hydroxyl groups is 2. The Bertz CT molecular complexity index is 551. The molecule has 2 aromatic carbocycles. The van der Waals surface area contributed by atoms with E-state index in [4.69, 9.17) is 0 Å². The average molecular weight is 286 g/mol. The minimum Gasteiger partial charge on any atom is -0.508 e. The van der Waals surface area contributed by atoms with Gasteiger partial charge >= 0.3 is 0 Å². The summed E-state index contributed by atoms with van der Waals surface area (Å²) in [5, 5.41) is 18.6. The van der Waals surface area contributed by atoms with Crippen molar-refractivity contribution in [1.29, 1.82) is 0 Å². The van der Waals surface area contributed by atoms with Crippen LogP contribution >= 0.6 is 0 Å². The Labute approximate surface area is 128 Å².